The van der Waals surface area contributed by atoms with Crippen molar-refractivity contribution in [3.05, 3.63) is 23.8 Å². The van der Waals surface area contributed by atoms with E-state index in [1.807, 2.05) is 13.0 Å². The van der Waals surface area contributed by atoms with Crippen LogP contribution in [0.5, 0.6) is 5.75 Å². The second-order valence-corrected chi connectivity index (χ2v) is 3.74. The molecule has 0 spiro atoms. The van der Waals surface area contributed by atoms with Crippen LogP contribution in [0, 0.1) is 11.3 Å². The maximum atomic E-state index is 11.5. The van der Waals surface area contributed by atoms with E-state index >= 15 is 0 Å². The lowest BCUT2D eigenvalue weighted by molar-refractivity contribution is -0.118. The first kappa shape index (κ1) is 15.3. The molecule has 7 heteroatoms. The monoisotopic (exact) mass is 276 g/mol. The van der Waals surface area contributed by atoms with Gasteiger partial charge in [0, 0.05) is 7.05 Å². The Hall–Kier alpha value is -2.75. The first-order valence-corrected chi connectivity index (χ1v) is 6.03. The number of nitrogens with one attached hydrogen (secondary N) is 3. The smallest absolute Gasteiger partial charge is 0.321 e. The van der Waals surface area contributed by atoms with Gasteiger partial charge >= 0.3 is 6.03 Å². The number of urea groups is 1. The maximum Gasteiger partial charge on any atom is 0.321 e. The Morgan fingerprint density at radius 1 is 1.40 bits per heavy atom. The minimum atomic E-state index is -0.576. The topological polar surface area (TPSA) is 103 Å². The number of amides is 3. The molecule has 1 aromatic rings. The van der Waals surface area contributed by atoms with Gasteiger partial charge in [-0.3, -0.25) is 10.1 Å². The number of nitriles is 1. The molecule has 0 bridgehead atoms. The highest BCUT2D eigenvalue weighted by atomic mass is 16.5. The van der Waals surface area contributed by atoms with Crippen molar-refractivity contribution < 1.29 is 14.3 Å². The van der Waals surface area contributed by atoms with Gasteiger partial charge in [0.2, 0.25) is 5.91 Å². The van der Waals surface area contributed by atoms with E-state index in [4.69, 9.17) is 10.00 Å². The normalized spacial score (nSPS) is 9.25. The number of ether oxygens (including phenoxy) is 1. The number of hydrogen-bond donors (Lipinski definition) is 3. The summed E-state index contributed by atoms with van der Waals surface area (Å²) in [5.74, 6) is 0.0494. The van der Waals surface area contributed by atoms with Crippen LogP contribution in [0.25, 0.3) is 0 Å². The fourth-order valence-corrected chi connectivity index (χ4v) is 1.43. The van der Waals surface area contributed by atoms with Crippen LogP contribution in [0.15, 0.2) is 18.2 Å². The van der Waals surface area contributed by atoms with Crippen molar-refractivity contribution in [1.82, 2.24) is 10.6 Å². The first-order valence-electron chi connectivity index (χ1n) is 6.03. The van der Waals surface area contributed by atoms with Crippen molar-refractivity contribution in [1.29, 1.82) is 5.26 Å². The first-order chi connectivity index (χ1) is 9.60. The van der Waals surface area contributed by atoms with Gasteiger partial charge in [-0.2, -0.15) is 5.26 Å². The highest BCUT2D eigenvalue weighted by Gasteiger charge is 2.09. The predicted molar refractivity (Wildman–Crippen MR) is 73.4 cm³/mol. The van der Waals surface area contributed by atoms with E-state index in [0.717, 1.165) is 0 Å². The average Bonchev–Trinajstić information content (AvgIpc) is 2.46. The van der Waals surface area contributed by atoms with E-state index in [0.29, 0.717) is 23.6 Å². The number of anilines is 1. The Morgan fingerprint density at radius 3 is 2.75 bits per heavy atom. The molecule has 3 amide bonds. The minimum absolute atomic E-state index is 0.109. The van der Waals surface area contributed by atoms with Crippen LogP contribution in [0.2, 0.25) is 0 Å². The molecule has 0 aliphatic heterocycles. The molecule has 0 saturated heterocycles. The van der Waals surface area contributed by atoms with Crippen molar-refractivity contribution >= 4 is 17.6 Å². The van der Waals surface area contributed by atoms with Crippen molar-refractivity contribution in [3.8, 4) is 11.8 Å². The molecule has 7 nitrogen and oxygen atoms in total. The van der Waals surface area contributed by atoms with Crippen molar-refractivity contribution in [2.45, 2.75) is 6.92 Å². The molecule has 0 aliphatic rings. The van der Waals surface area contributed by atoms with Crippen molar-refractivity contribution in [2.24, 2.45) is 0 Å². The van der Waals surface area contributed by atoms with E-state index in [-0.39, 0.29) is 6.54 Å². The molecule has 1 aromatic carbocycles. The summed E-state index contributed by atoms with van der Waals surface area (Å²) >= 11 is 0. The number of carbonyl (C=O) groups is 2. The highest BCUT2D eigenvalue weighted by molar-refractivity contribution is 5.96. The van der Waals surface area contributed by atoms with Crippen LogP contribution in [0.3, 0.4) is 0 Å². The zero-order valence-corrected chi connectivity index (χ0v) is 11.3. The van der Waals surface area contributed by atoms with Crippen LogP contribution in [0.1, 0.15) is 12.5 Å². The van der Waals surface area contributed by atoms with E-state index in [1.165, 1.54) is 7.05 Å². The summed E-state index contributed by atoms with van der Waals surface area (Å²) in [5, 5.41) is 16.1. The summed E-state index contributed by atoms with van der Waals surface area (Å²) < 4.78 is 5.39. The van der Waals surface area contributed by atoms with Crippen LogP contribution >= 0.6 is 0 Å². The van der Waals surface area contributed by atoms with Gasteiger partial charge in [-0.1, -0.05) is 0 Å². The fourth-order valence-electron chi connectivity index (χ4n) is 1.43. The summed E-state index contributed by atoms with van der Waals surface area (Å²) in [4.78, 5) is 22.4. The number of rotatable bonds is 5. The average molecular weight is 276 g/mol. The number of nitrogens with zero attached hydrogens (tertiary/aromatic N) is 1. The third-order valence-corrected chi connectivity index (χ3v) is 2.33. The molecule has 0 aliphatic carbocycles. The molecule has 0 atom stereocenters. The number of hydrogen-bond acceptors (Lipinski definition) is 5. The van der Waals surface area contributed by atoms with Gasteiger partial charge in [0.25, 0.3) is 0 Å². The number of imide groups is 1. The Morgan fingerprint density at radius 2 is 2.15 bits per heavy atom. The third-order valence-electron chi connectivity index (χ3n) is 2.33. The van der Waals surface area contributed by atoms with Crippen molar-refractivity contribution in [3.63, 3.8) is 0 Å². The largest absolute Gasteiger partial charge is 0.492 e. The standard InChI is InChI=1S/C13H16N4O3/c1-3-20-11-5-4-9(7-14)6-10(11)16-8-12(18)17-13(19)15-2/h4-6,16H,3,8H2,1-2H3,(H2,15,17,18,19). The van der Waals surface area contributed by atoms with Crippen LogP contribution < -0.4 is 20.7 Å². The second kappa shape index (κ2) is 7.63. The minimum Gasteiger partial charge on any atom is -0.492 e. The molecule has 106 valence electrons. The van der Waals surface area contributed by atoms with Gasteiger partial charge in [0.15, 0.2) is 0 Å². The van der Waals surface area contributed by atoms with E-state index < -0.39 is 11.9 Å². The molecule has 20 heavy (non-hydrogen) atoms. The Kier molecular flexibility index (Phi) is 5.84. The van der Waals surface area contributed by atoms with Gasteiger partial charge in [-0.25, -0.2) is 4.79 Å². The summed E-state index contributed by atoms with van der Waals surface area (Å²) in [6, 6.07) is 6.29. The summed E-state index contributed by atoms with van der Waals surface area (Å²) in [6.45, 7) is 2.19. The lowest BCUT2D eigenvalue weighted by Gasteiger charge is -2.12. The zero-order valence-electron chi connectivity index (χ0n) is 11.3. The fraction of sp³-hybridized carbons (Fsp3) is 0.308. The maximum absolute atomic E-state index is 11.5. The Bertz CT molecular complexity index is 537. The van der Waals surface area contributed by atoms with E-state index in [2.05, 4.69) is 16.0 Å². The molecule has 0 fully saturated rings. The number of carbonyl (C=O) groups excluding carboxylic acids is 2. The van der Waals surface area contributed by atoms with Crippen LogP contribution in [-0.2, 0) is 4.79 Å². The molecule has 0 heterocycles. The second-order valence-electron chi connectivity index (χ2n) is 3.74. The molecular weight excluding hydrogens is 260 g/mol. The molecule has 3 N–H and O–H groups in total. The lowest BCUT2D eigenvalue weighted by Crippen LogP contribution is -2.40. The quantitative estimate of drug-likeness (QED) is 0.739. The predicted octanol–water partition coefficient (Wildman–Crippen LogP) is 0.824. The molecule has 0 unspecified atom stereocenters. The Labute approximate surface area is 116 Å². The highest BCUT2D eigenvalue weighted by Crippen LogP contribution is 2.25. The van der Waals surface area contributed by atoms with Gasteiger partial charge in [0.05, 0.1) is 30.5 Å². The van der Waals surface area contributed by atoms with Gasteiger partial charge in [-0.05, 0) is 25.1 Å². The summed E-state index contributed by atoms with van der Waals surface area (Å²) in [5.41, 5.74) is 0.973. The molecule has 1 rings (SSSR count). The van der Waals surface area contributed by atoms with Crippen LogP contribution in [0.4, 0.5) is 10.5 Å². The molecule has 0 saturated carbocycles. The third kappa shape index (κ3) is 4.49. The lowest BCUT2D eigenvalue weighted by atomic mass is 10.2. The van der Waals surface area contributed by atoms with E-state index in [9.17, 15) is 9.59 Å². The Balaban J connectivity index is 2.72. The zero-order chi connectivity index (χ0) is 15.0. The number of benzene rings is 1. The molecule has 0 radical (unpaired) electrons. The van der Waals surface area contributed by atoms with E-state index in [1.54, 1.807) is 18.2 Å². The van der Waals surface area contributed by atoms with Crippen LogP contribution in [-0.4, -0.2) is 32.1 Å². The molecular formula is C13H16N4O3. The molecule has 0 aromatic heterocycles. The van der Waals surface area contributed by atoms with Crippen molar-refractivity contribution in [2.75, 3.05) is 25.5 Å². The SMILES string of the molecule is CCOc1ccc(C#N)cc1NCC(=O)NC(=O)NC. The van der Waals surface area contributed by atoms with Gasteiger partial charge < -0.3 is 15.4 Å². The summed E-state index contributed by atoms with van der Waals surface area (Å²) in [6.07, 6.45) is 0. The van der Waals surface area contributed by atoms with Gasteiger partial charge in [0.1, 0.15) is 5.75 Å². The summed E-state index contributed by atoms with van der Waals surface area (Å²) in [7, 11) is 1.42. The van der Waals surface area contributed by atoms with Gasteiger partial charge in [-0.15, -0.1) is 0 Å².